The van der Waals surface area contributed by atoms with E-state index in [1.54, 1.807) is 60.7 Å². The molecule has 0 aliphatic carbocycles. The number of benzene rings is 3. The normalized spacial score (nSPS) is 18.7. The summed E-state index contributed by atoms with van der Waals surface area (Å²) < 4.78 is 11.9. The Balaban J connectivity index is 1.54. The van der Waals surface area contributed by atoms with Gasteiger partial charge in [-0.3, -0.25) is 14.5 Å². The van der Waals surface area contributed by atoms with E-state index in [-0.39, 0.29) is 11.3 Å². The highest BCUT2D eigenvalue weighted by molar-refractivity contribution is 7.22. The summed E-state index contributed by atoms with van der Waals surface area (Å²) in [5.41, 5.74) is 1.44. The van der Waals surface area contributed by atoms with Crippen molar-refractivity contribution in [3.63, 3.8) is 0 Å². The van der Waals surface area contributed by atoms with Crippen LogP contribution in [0.2, 0.25) is 10.0 Å². The van der Waals surface area contributed by atoms with E-state index in [4.69, 9.17) is 32.7 Å². The second-order valence-electron chi connectivity index (χ2n) is 8.19. The maximum absolute atomic E-state index is 13.4. The van der Waals surface area contributed by atoms with Crippen LogP contribution in [-0.2, 0) is 9.59 Å². The molecule has 4 aromatic rings. The van der Waals surface area contributed by atoms with Gasteiger partial charge in [-0.15, -0.1) is 0 Å². The van der Waals surface area contributed by atoms with Crippen molar-refractivity contribution in [2.24, 2.45) is 0 Å². The Hall–Kier alpha value is -3.59. The molecule has 1 fully saturated rings. The molecule has 1 amide bonds. The van der Waals surface area contributed by atoms with Crippen molar-refractivity contribution in [1.29, 1.82) is 0 Å². The van der Waals surface area contributed by atoms with Gasteiger partial charge in [0.2, 0.25) is 0 Å². The van der Waals surface area contributed by atoms with E-state index in [1.165, 1.54) is 16.2 Å². The summed E-state index contributed by atoms with van der Waals surface area (Å²) in [6.07, 6.45) is 0. The number of hydrogen-bond donors (Lipinski definition) is 1. The van der Waals surface area contributed by atoms with Crippen molar-refractivity contribution in [1.82, 2.24) is 4.98 Å². The van der Waals surface area contributed by atoms with Gasteiger partial charge in [-0.25, -0.2) is 4.98 Å². The third-order valence-corrected chi connectivity index (χ3v) is 7.46. The third-order valence-electron chi connectivity index (χ3n) is 5.97. The largest absolute Gasteiger partial charge is 0.507 e. The monoisotopic (exact) mass is 538 g/mol. The van der Waals surface area contributed by atoms with Crippen molar-refractivity contribution < 1.29 is 24.2 Å². The summed E-state index contributed by atoms with van der Waals surface area (Å²) in [7, 11) is 0. The van der Waals surface area contributed by atoms with E-state index in [9.17, 15) is 14.7 Å². The Morgan fingerprint density at radius 3 is 2.56 bits per heavy atom. The highest BCUT2D eigenvalue weighted by atomic mass is 35.5. The first-order chi connectivity index (χ1) is 17.4. The summed E-state index contributed by atoms with van der Waals surface area (Å²) >= 11 is 13.6. The van der Waals surface area contributed by atoms with Crippen molar-refractivity contribution >= 4 is 67.3 Å². The van der Waals surface area contributed by atoms with Crippen LogP contribution in [0.25, 0.3) is 16.0 Å². The minimum absolute atomic E-state index is 0.0729. The predicted octanol–water partition coefficient (Wildman–Crippen LogP) is 6.00. The second-order valence-corrected chi connectivity index (χ2v) is 10.1. The Bertz CT molecular complexity index is 1600. The summed E-state index contributed by atoms with van der Waals surface area (Å²) in [6, 6.07) is 15.9. The zero-order valence-electron chi connectivity index (χ0n) is 18.4. The number of fused-ring (bicyclic) bond motifs is 2. The lowest BCUT2D eigenvalue weighted by Crippen LogP contribution is -2.29. The van der Waals surface area contributed by atoms with Crippen LogP contribution in [0.4, 0.5) is 5.13 Å². The average Bonchev–Trinajstić information content (AvgIpc) is 3.41. The number of aromatic nitrogens is 1. The molecule has 6 rings (SSSR count). The molecule has 7 nitrogen and oxygen atoms in total. The summed E-state index contributed by atoms with van der Waals surface area (Å²) in [4.78, 5) is 32.7. The summed E-state index contributed by atoms with van der Waals surface area (Å²) in [5.74, 6) is -0.976. The number of carbonyl (C=O) groups is 2. The van der Waals surface area contributed by atoms with Gasteiger partial charge in [-0.2, -0.15) is 0 Å². The van der Waals surface area contributed by atoms with E-state index in [2.05, 4.69) is 4.98 Å². The third kappa shape index (κ3) is 3.78. The lowest BCUT2D eigenvalue weighted by atomic mass is 9.95. The second kappa shape index (κ2) is 8.81. The number of amides is 1. The molecule has 1 unspecified atom stereocenters. The molecule has 3 heterocycles. The van der Waals surface area contributed by atoms with Gasteiger partial charge in [0, 0.05) is 15.6 Å². The van der Waals surface area contributed by atoms with E-state index in [0.29, 0.717) is 56.5 Å². The number of anilines is 1. The molecule has 0 radical (unpaired) electrons. The number of ketones is 1. The number of nitrogens with zero attached hydrogens (tertiary/aromatic N) is 2. The molecule has 36 heavy (non-hydrogen) atoms. The number of hydrogen-bond acceptors (Lipinski definition) is 7. The van der Waals surface area contributed by atoms with E-state index < -0.39 is 17.7 Å². The van der Waals surface area contributed by atoms with Crippen LogP contribution < -0.4 is 14.4 Å². The van der Waals surface area contributed by atoms with Gasteiger partial charge in [0.15, 0.2) is 16.6 Å². The lowest BCUT2D eigenvalue weighted by Gasteiger charge is -2.23. The van der Waals surface area contributed by atoms with Gasteiger partial charge in [-0.1, -0.05) is 46.7 Å². The number of ether oxygens (including phenoxy) is 2. The zero-order chi connectivity index (χ0) is 25.0. The molecule has 0 bridgehead atoms. The molecule has 180 valence electrons. The minimum atomic E-state index is -0.951. The van der Waals surface area contributed by atoms with Crippen molar-refractivity contribution in [3.05, 3.63) is 87.4 Å². The molecule has 2 aliphatic heterocycles. The van der Waals surface area contributed by atoms with Crippen LogP contribution in [0.1, 0.15) is 17.2 Å². The Morgan fingerprint density at radius 2 is 1.75 bits per heavy atom. The molecule has 3 aromatic carbocycles. The molecule has 2 aliphatic rings. The molecule has 1 atom stereocenters. The van der Waals surface area contributed by atoms with Crippen molar-refractivity contribution in [2.45, 2.75) is 6.04 Å². The lowest BCUT2D eigenvalue weighted by molar-refractivity contribution is -0.132. The fourth-order valence-corrected chi connectivity index (χ4v) is 5.82. The molecule has 1 N–H and O–H groups in total. The Labute approximate surface area is 219 Å². The molecule has 1 saturated heterocycles. The van der Waals surface area contributed by atoms with Gasteiger partial charge in [0.1, 0.15) is 19.0 Å². The number of halogens is 2. The number of aliphatic hydroxyl groups excluding tert-OH is 1. The zero-order valence-corrected chi connectivity index (χ0v) is 20.7. The van der Waals surface area contributed by atoms with Crippen LogP contribution in [0.15, 0.2) is 66.2 Å². The van der Waals surface area contributed by atoms with Crippen LogP contribution in [-0.4, -0.2) is 35.0 Å². The number of thiazole rings is 1. The van der Waals surface area contributed by atoms with Crippen LogP contribution in [0.5, 0.6) is 11.5 Å². The number of rotatable bonds is 3. The number of Topliss-reactive ketones (excluding diaryl/α,β-unsaturated/α-hetero) is 1. The van der Waals surface area contributed by atoms with Crippen LogP contribution in [0.3, 0.4) is 0 Å². The molecule has 1 aromatic heterocycles. The van der Waals surface area contributed by atoms with Gasteiger partial charge < -0.3 is 14.6 Å². The van der Waals surface area contributed by atoms with Gasteiger partial charge in [0.05, 0.1) is 21.8 Å². The fourth-order valence-electron chi connectivity index (χ4n) is 4.36. The standard InChI is InChI=1S/C26H16Cl2N2O5S/c27-15-3-1-2-13(10-15)22-21(23(31)14-4-7-18-19(11-14)35-9-8-34-18)24(32)25(33)30(22)26-29-17-6-5-16(28)12-20(17)36-26/h1-7,10-12,22,31H,8-9H2/b23-21-. The maximum Gasteiger partial charge on any atom is 0.301 e. The molecular formula is C26H16Cl2N2O5S. The first-order valence-corrected chi connectivity index (χ1v) is 12.5. The smallest absolute Gasteiger partial charge is 0.301 e. The maximum atomic E-state index is 13.4. The highest BCUT2D eigenvalue weighted by Gasteiger charge is 2.48. The molecule has 0 spiro atoms. The number of carbonyl (C=O) groups excluding carboxylic acids is 2. The molecular weight excluding hydrogens is 523 g/mol. The number of aliphatic hydroxyl groups is 1. The summed E-state index contributed by atoms with van der Waals surface area (Å²) in [6.45, 7) is 0.789. The quantitative estimate of drug-likeness (QED) is 0.195. The molecule has 10 heteroatoms. The van der Waals surface area contributed by atoms with Gasteiger partial charge in [0.25, 0.3) is 5.78 Å². The minimum Gasteiger partial charge on any atom is -0.507 e. The Morgan fingerprint density at radius 1 is 0.972 bits per heavy atom. The Kier molecular flexibility index (Phi) is 5.59. The van der Waals surface area contributed by atoms with Gasteiger partial charge in [-0.05, 0) is 54.1 Å². The first kappa shape index (κ1) is 22.8. The highest BCUT2D eigenvalue weighted by Crippen LogP contribution is 2.45. The van der Waals surface area contributed by atoms with Crippen molar-refractivity contribution in [3.8, 4) is 11.5 Å². The van der Waals surface area contributed by atoms with Crippen LogP contribution >= 0.6 is 34.5 Å². The van der Waals surface area contributed by atoms with E-state index in [0.717, 1.165) is 4.70 Å². The molecule has 0 saturated carbocycles. The predicted molar refractivity (Wildman–Crippen MR) is 138 cm³/mol. The fraction of sp³-hybridized carbons (Fsp3) is 0.115. The summed E-state index contributed by atoms with van der Waals surface area (Å²) in [5, 5.41) is 12.6. The first-order valence-electron chi connectivity index (χ1n) is 10.9. The van der Waals surface area contributed by atoms with Gasteiger partial charge >= 0.3 is 5.91 Å². The topological polar surface area (TPSA) is 89.0 Å². The van der Waals surface area contributed by atoms with Crippen molar-refractivity contribution in [2.75, 3.05) is 18.1 Å². The van der Waals surface area contributed by atoms with E-state index >= 15 is 0 Å². The van der Waals surface area contributed by atoms with Crippen LogP contribution in [0, 0.1) is 0 Å². The SMILES string of the molecule is O=C1C(=O)N(c2nc3ccc(Cl)cc3s2)C(c2cccc(Cl)c2)/C1=C(/O)c1ccc2c(c1)OCCO2. The average molecular weight is 539 g/mol. The van der Waals surface area contributed by atoms with E-state index in [1.807, 2.05) is 0 Å².